The van der Waals surface area contributed by atoms with Gasteiger partial charge in [-0.25, -0.2) is 0 Å². The summed E-state index contributed by atoms with van der Waals surface area (Å²) < 4.78 is 11.0. The molecule has 0 bridgehead atoms. The average molecular weight is 294 g/mol. The molecule has 0 radical (unpaired) electrons. The van der Waals surface area contributed by atoms with Crippen molar-refractivity contribution >= 4 is 21.8 Å². The monoisotopic (exact) mass is 293 g/mol. The molecule has 0 N–H and O–H groups in total. The number of nitrogens with zero attached hydrogens (tertiary/aromatic N) is 1. The molecule has 0 aliphatic carbocycles. The summed E-state index contributed by atoms with van der Waals surface area (Å²) in [5, 5.41) is 0.756. The molecule has 1 saturated heterocycles. The highest BCUT2D eigenvalue weighted by atomic mass is 79.9. The quantitative estimate of drug-likeness (QED) is 0.736. The standard InChI is InChI=1S/C11H20BrNO3/c1-8(2)15-7-11(14)13-5-9(3)16-10(4-12)6-13/h8-10H,4-7H2,1-3H3. The molecular formula is C11H20BrNO3. The largest absolute Gasteiger partial charge is 0.371 e. The Hall–Kier alpha value is -0.130. The maximum atomic E-state index is 11.8. The zero-order valence-electron chi connectivity index (χ0n) is 10.1. The lowest BCUT2D eigenvalue weighted by atomic mass is 10.2. The zero-order valence-corrected chi connectivity index (χ0v) is 11.7. The van der Waals surface area contributed by atoms with Crippen molar-refractivity contribution in [1.29, 1.82) is 0 Å². The Morgan fingerprint density at radius 3 is 2.81 bits per heavy atom. The molecule has 2 unspecified atom stereocenters. The highest BCUT2D eigenvalue weighted by molar-refractivity contribution is 9.09. The van der Waals surface area contributed by atoms with Crippen LogP contribution in [0.3, 0.4) is 0 Å². The van der Waals surface area contributed by atoms with Gasteiger partial charge < -0.3 is 14.4 Å². The molecule has 5 heteroatoms. The predicted molar refractivity (Wildman–Crippen MR) is 65.8 cm³/mol. The third-order valence-corrected chi connectivity index (χ3v) is 3.11. The number of morpholine rings is 1. The van der Waals surface area contributed by atoms with Crippen LogP contribution in [0.25, 0.3) is 0 Å². The van der Waals surface area contributed by atoms with E-state index in [2.05, 4.69) is 15.9 Å². The van der Waals surface area contributed by atoms with Gasteiger partial charge in [0, 0.05) is 18.4 Å². The number of rotatable bonds is 4. The molecule has 1 aliphatic rings. The number of carbonyl (C=O) groups excluding carboxylic acids is 1. The molecule has 0 saturated carbocycles. The van der Waals surface area contributed by atoms with Gasteiger partial charge in [-0.15, -0.1) is 0 Å². The van der Waals surface area contributed by atoms with Gasteiger partial charge in [0.15, 0.2) is 0 Å². The maximum Gasteiger partial charge on any atom is 0.248 e. The van der Waals surface area contributed by atoms with Crippen LogP contribution < -0.4 is 0 Å². The van der Waals surface area contributed by atoms with E-state index in [-0.39, 0.29) is 30.8 Å². The highest BCUT2D eigenvalue weighted by Crippen LogP contribution is 2.13. The van der Waals surface area contributed by atoms with Gasteiger partial charge in [-0.05, 0) is 20.8 Å². The number of ether oxygens (including phenoxy) is 2. The molecular weight excluding hydrogens is 274 g/mol. The molecule has 0 aromatic heterocycles. The van der Waals surface area contributed by atoms with Crippen LogP contribution in [0.2, 0.25) is 0 Å². The highest BCUT2D eigenvalue weighted by Gasteiger charge is 2.27. The first-order chi connectivity index (χ1) is 7.52. The SMILES string of the molecule is CC(C)OCC(=O)N1CC(C)OC(CBr)C1. The van der Waals surface area contributed by atoms with Crippen LogP contribution in [-0.2, 0) is 14.3 Å². The molecule has 1 fully saturated rings. The summed E-state index contributed by atoms with van der Waals surface area (Å²) in [6.45, 7) is 7.31. The minimum atomic E-state index is 0.0507. The Bertz CT molecular complexity index is 235. The van der Waals surface area contributed by atoms with E-state index in [1.165, 1.54) is 0 Å². The van der Waals surface area contributed by atoms with Gasteiger partial charge in [-0.1, -0.05) is 15.9 Å². The number of amides is 1. The fourth-order valence-corrected chi connectivity index (χ4v) is 2.02. The van der Waals surface area contributed by atoms with Crippen LogP contribution >= 0.6 is 15.9 Å². The van der Waals surface area contributed by atoms with Crippen molar-refractivity contribution < 1.29 is 14.3 Å². The van der Waals surface area contributed by atoms with Gasteiger partial charge in [0.1, 0.15) is 6.61 Å². The Balaban J connectivity index is 2.42. The lowest BCUT2D eigenvalue weighted by Crippen LogP contribution is -2.50. The number of hydrogen-bond donors (Lipinski definition) is 0. The third-order valence-electron chi connectivity index (χ3n) is 2.39. The van der Waals surface area contributed by atoms with Gasteiger partial charge >= 0.3 is 0 Å². The zero-order chi connectivity index (χ0) is 12.1. The van der Waals surface area contributed by atoms with Gasteiger partial charge in [0.2, 0.25) is 5.91 Å². The van der Waals surface area contributed by atoms with E-state index in [1.54, 1.807) is 0 Å². The minimum absolute atomic E-state index is 0.0507. The lowest BCUT2D eigenvalue weighted by Gasteiger charge is -2.36. The van der Waals surface area contributed by atoms with Gasteiger partial charge in [0.25, 0.3) is 0 Å². The molecule has 0 aromatic carbocycles. The molecule has 1 amide bonds. The van der Waals surface area contributed by atoms with Crippen molar-refractivity contribution in [2.75, 3.05) is 25.0 Å². The van der Waals surface area contributed by atoms with Crippen LogP contribution in [-0.4, -0.2) is 54.1 Å². The third kappa shape index (κ3) is 4.39. The van der Waals surface area contributed by atoms with Crippen LogP contribution in [0.1, 0.15) is 20.8 Å². The molecule has 0 aromatic rings. The number of alkyl halides is 1. The van der Waals surface area contributed by atoms with Crippen LogP contribution in [0.5, 0.6) is 0 Å². The second-order valence-corrected chi connectivity index (χ2v) is 5.03. The van der Waals surface area contributed by atoms with Crippen molar-refractivity contribution in [3.8, 4) is 0 Å². The van der Waals surface area contributed by atoms with Crippen molar-refractivity contribution in [3.63, 3.8) is 0 Å². The van der Waals surface area contributed by atoms with Crippen LogP contribution in [0.15, 0.2) is 0 Å². The van der Waals surface area contributed by atoms with E-state index in [1.807, 2.05) is 25.7 Å². The number of hydrogen-bond acceptors (Lipinski definition) is 3. The summed E-state index contributed by atoms with van der Waals surface area (Å²) in [6.07, 6.45) is 0.278. The average Bonchev–Trinajstić information content (AvgIpc) is 2.24. The summed E-state index contributed by atoms with van der Waals surface area (Å²) in [6, 6.07) is 0. The minimum Gasteiger partial charge on any atom is -0.371 e. The van der Waals surface area contributed by atoms with Crippen molar-refractivity contribution in [2.45, 2.75) is 39.1 Å². The number of carbonyl (C=O) groups is 1. The second-order valence-electron chi connectivity index (χ2n) is 4.38. The molecule has 94 valence electrons. The maximum absolute atomic E-state index is 11.8. The molecule has 1 rings (SSSR count). The summed E-state index contributed by atoms with van der Waals surface area (Å²) in [4.78, 5) is 13.7. The smallest absolute Gasteiger partial charge is 0.248 e. The Morgan fingerprint density at radius 2 is 2.25 bits per heavy atom. The normalized spacial score (nSPS) is 26.2. The van der Waals surface area contributed by atoms with Crippen molar-refractivity contribution in [1.82, 2.24) is 4.90 Å². The van der Waals surface area contributed by atoms with E-state index < -0.39 is 0 Å². The fourth-order valence-electron chi connectivity index (χ4n) is 1.66. The Kier molecular flexibility index (Phi) is 5.72. The topological polar surface area (TPSA) is 38.8 Å². The van der Waals surface area contributed by atoms with Gasteiger partial charge in [-0.3, -0.25) is 4.79 Å². The fraction of sp³-hybridized carbons (Fsp3) is 0.909. The molecule has 4 nitrogen and oxygen atoms in total. The first kappa shape index (κ1) is 13.9. The summed E-state index contributed by atoms with van der Waals surface area (Å²) in [5.74, 6) is 0.0507. The number of halogens is 1. The molecule has 1 aliphatic heterocycles. The lowest BCUT2D eigenvalue weighted by molar-refractivity contribution is -0.148. The Labute approximate surface area is 105 Å². The summed E-state index contributed by atoms with van der Waals surface area (Å²) >= 11 is 3.38. The molecule has 16 heavy (non-hydrogen) atoms. The molecule has 0 spiro atoms. The van der Waals surface area contributed by atoms with E-state index in [0.717, 1.165) is 5.33 Å². The summed E-state index contributed by atoms with van der Waals surface area (Å²) in [7, 11) is 0. The summed E-state index contributed by atoms with van der Waals surface area (Å²) in [5.41, 5.74) is 0. The van der Waals surface area contributed by atoms with Gasteiger partial charge in [-0.2, -0.15) is 0 Å². The Morgan fingerprint density at radius 1 is 1.56 bits per heavy atom. The van der Waals surface area contributed by atoms with Crippen LogP contribution in [0.4, 0.5) is 0 Å². The van der Waals surface area contributed by atoms with Gasteiger partial charge in [0.05, 0.1) is 18.3 Å². The first-order valence-corrected chi connectivity index (χ1v) is 6.76. The second kappa shape index (κ2) is 6.57. The van der Waals surface area contributed by atoms with E-state index in [0.29, 0.717) is 13.1 Å². The first-order valence-electron chi connectivity index (χ1n) is 5.63. The van der Waals surface area contributed by atoms with E-state index in [4.69, 9.17) is 9.47 Å². The van der Waals surface area contributed by atoms with Crippen molar-refractivity contribution in [2.24, 2.45) is 0 Å². The van der Waals surface area contributed by atoms with E-state index in [9.17, 15) is 4.79 Å². The van der Waals surface area contributed by atoms with Crippen LogP contribution in [0, 0.1) is 0 Å². The molecule has 2 atom stereocenters. The van der Waals surface area contributed by atoms with E-state index >= 15 is 0 Å². The predicted octanol–water partition coefficient (Wildman–Crippen LogP) is 1.42. The molecule has 1 heterocycles. The van der Waals surface area contributed by atoms with Crippen molar-refractivity contribution in [3.05, 3.63) is 0 Å².